The zero-order valence-corrected chi connectivity index (χ0v) is 18.5. The monoisotopic (exact) mass is 446 g/mol. The number of rotatable bonds is 6. The fourth-order valence-electron chi connectivity index (χ4n) is 4.48. The summed E-state index contributed by atoms with van der Waals surface area (Å²) in [5.74, 6) is 1.29. The molecular formula is C24H28ClFN2O3. The highest BCUT2D eigenvalue weighted by Gasteiger charge is 2.31. The number of hydrogen-bond acceptors (Lipinski definition) is 4. The highest BCUT2D eigenvalue weighted by atomic mass is 35.5. The Morgan fingerprint density at radius 2 is 1.87 bits per heavy atom. The van der Waals surface area contributed by atoms with Crippen LogP contribution in [0.5, 0.6) is 5.75 Å². The van der Waals surface area contributed by atoms with Crippen LogP contribution in [0.1, 0.15) is 18.4 Å². The molecule has 1 atom stereocenters. The van der Waals surface area contributed by atoms with Gasteiger partial charge in [-0.3, -0.25) is 4.90 Å². The summed E-state index contributed by atoms with van der Waals surface area (Å²) in [6, 6.07) is 12.1. The minimum absolute atomic E-state index is 0.231. The van der Waals surface area contributed by atoms with Gasteiger partial charge in [0.1, 0.15) is 11.6 Å². The van der Waals surface area contributed by atoms with E-state index in [9.17, 15) is 9.18 Å². The van der Waals surface area contributed by atoms with Crippen molar-refractivity contribution in [3.63, 3.8) is 0 Å². The molecule has 7 heteroatoms. The number of halogens is 2. The first-order valence-electron chi connectivity index (χ1n) is 10.8. The van der Waals surface area contributed by atoms with E-state index < -0.39 is 0 Å². The average Bonchev–Trinajstić information content (AvgIpc) is 2.79. The van der Waals surface area contributed by atoms with Crippen LogP contribution in [0, 0.1) is 17.7 Å². The lowest BCUT2D eigenvalue weighted by molar-refractivity contribution is 0.0870. The van der Waals surface area contributed by atoms with Gasteiger partial charge in [0.15, 0.2) is 0 Å². The molecule has 5 nitrogen and oxygen atoms in total. The molecule has 0 bridgehead atoms. The summed E-state index contributed by atoms with van der Waals surface area (Å²) in [6.45, 7) is 3.97. The van der Waals surface area contributed by atoms with Crippen LogP contribution in [0.25, 0.3) is 0 Å². The molecule has 0 spiro atoms. The number of carbonyl (C=O) groups excluding carboxylic acids is 1. The van der Waals surface area contributed by atoms with Crippen molar-refractivity contribution in [1.29, 1.82) is 0 Å². The van der Waals surface area contributed by atoms with E-state index in [1.54, 1.807) is 24.1 Å². The summed E-state index contributed by atoms with van der Waals surface area (Å²) in [4.78, 5) is 16.4. The largest absolute Gasteiger partial charge is 0.497 e. The van der Waals surface area contributed by atoms with Crippen molar-refractivity contribution in [2.45, 2.75) is 19.3 Å². The third-order valence-corrected chi connectivity index (χ3v) is 6.60. The maximum atomic E-state index is 13.5. The van der Waals surface area contributed by atoms with Crippen LogP contribution in [-0.4, -0.2) is 50.9 Å². The number of hydrogen-bond donors (Lipinski definition) is 0. The molecule has 2 aromatic carbocycles. The van der Waals surface area contributed by atoms with Gasteiger partial charge in [-0.15, -0.1) is 0 Å². The first kappa shape index (κ1) is 21.9. The smallest absolute Gasteiger partial charge is 0.414 e. The summed E-state index contributed by atoms with van der Waals surface area (Å²) in [7, 11) is 1.62. The van der Waals surface area contributed by atoms with E-state index in [1.807, 2.05) is 24.3 Å². The SMILES string of the molecule is COc1ccc(N2CC(CN3CCC(Cc4cc(F)ccc4Cl)CC3)COC2=O)cc1. The molecule has 2 aliphatic heterocycles. The van der Waals surface area contributed by atoms with Gasteiger partial charge in [0.05, 0.1) is 13.7 Å². The average molecular weight is 447 g/mol. The highest BCUT2D eigenvalue weighted by Crippen LogP contribution is 2.28. The predicted molar refractivity (Wildman–Crippen MR) is 119 cm³/mol. The van der Waals surface area contributed by atoms with Crippen molar-refractivity contribution in [3.8, 4) is 5.75 Å². The maximum absolute atomic E-state index is 13.5. The quantitative estimate of drug-likeness (QED) is 0.625. The number of anilines is 1. The Bertz CT molecular complexity index is 900. The standard InChI is InChI=1S/C24H28ClFN2O3/c1-30-22-5-3-21(4-6-22)28-15-18(16-31-24(28)29)14-27-10-8-17(9-11-27)12-19-13-20(26)2-7-23(19)25/h2-7,13,17-18H,8-12,14-16H2,1H3. The van der Waals surface area contributed by atoms with Gasteiger partial charge in [-0.25, -0.2) is 9.18 Å². The molecule has 0 aliphatic carbocycles. The lowest BCUT2D eigenvalue weighted by atomic mass is 9.89. The van der Waals surface area contributed by atoms with Crippen molar-refractivity contribution >= 4 is 23.4 Å². The van der Waals surface area contributed by atoms with Gasteiger partial charge in [0, 0.05) is 29.7 Å². The summed E-state index contributed by atoms with van der Waals surface area (Å²) in [5, 5.41) is 0.645. The van der Waals surface area contributed by atoms with E-state index in [1.165, 1.54) is 6.07 Å². The highest BCUT2D eigenvalue weighted by molar-refractivity contribution is 6.31. The van der Waals surface area contributed by atoms with Crippen LogP contribution in [0.15, 0.2) is 42.5 Å². The van der Waals surface area contributed by atoms with Crippen molar-refractivity contribution < 1.29 is 18.7 Å². The van der Waals surface area contributed by atoms with E-state index in [-0.39, 0.29) is 17.8 Å². The second kappa shape index (κ2) is 9.88. The lowest BCUT2D eigenvalue weighted by Crippen LogP contribution is -2.48. The fourth-order valence-corrected chi connectivity index (χ4v) is 4.68. The molecule has 31 heavy (non-hydrogen) atoms. The minimum atomic E-state index is -0.299. The molecule has 0 N–H and O–H groups in total. The van der Waals surface area contributed by atoms with Gasteiger partial charge in [0.25, 0.3) is 0 Å². The molecular weight excluding hydrogens is 419 g/mol. The molecule has 2 fully saturated rings. The van der Waals surface area contributed by atoms with E-state index in [2.05, 4.69) is 4.90 Å². The second-order valence-corrected chi connectivity index (χ2v) is 8.84. The van der Waals surface area contributed by atoms with Crippen molar-refractivity contribution in [3.05, 3.63) is 58.9 Å². The third kappa shape index (κ3) is 5.49. The summed E-state index contributed by atoms with van der Waals surface area (Å²) < 4.78 is 24.2. The van der Waals surface area contributed by atoms with Gasteiger partial charge in [-0.2, -0.15) is 0 Å². The molecule has 0 aromatic heterocycles. The number of piperidine rings is 1. The van der Waals surface area contributed by atoms with Gasteiger partial charge in [-0.05, 0) is 86.3 Å². The summed E-state index contributed by atoms with van der Waals surface area (Å²) in [5.41, 5.74) is 1.72. The Hall–Kier alpha value is -2.31. The normalized spacial score (nSPS) is 20.5. The Morgan fingerprint density at radius 3 is 2.58 bits per heavy atom. The number of ether oxygens (including phenoxy) is 2. The van der Waals surface area contributed by atoms with Crippen LogP contribution >= 0.6 is 11.6 Å². The molecule has 2 saturated heterocycles. The van der Waals surface area contributed by atoms with Crippen molar-refractivity contribution in [1.82, 2.24) is 4.90 Å². The molecule has 1 amide bonds. The Kier molecular flexibility index (Phi) is 6.98. The topological polar surface area (TPSA) is 42.0 Å². The molecule has 2 heterocycles. The van der Waals surface area contributed by atoms with Crippen LogP contribution in [0.2, 0.25) is 5.02 Å². The van der Waals surface area contributed by atoms with Gasteiger partial charge in [-0.1, -0.05) is 11.6 Å². The van der Waals surface area contributed by atoms with Crippen LogP contribution < -0.4 is 9.64 Å². The molecule has 2 aliphatic rings. The number of methoxy groups -OCH3 is 1. The number of cyclic esters (lactones) is 1. The third-order valence-electron chi connectivity index (χ3n) is 6.23. The zero-order valence-electron chi connectivity index (χ0n) is 17.7. The van der Waals surface area contributed by atoms with Crippen LogP contribution in [-0.2, 0) is 11.2 Å². The number of benzene rings is 2. The van der Waals surface area contributed by atoms with Gasteiger partial charge >= 0.3 is 6.09 Å². The number of amides is 1. The predicted octanol–water partition coefficient (Wildman–Crippen LogP) is 5.02. The first-order chi connectivity index (χ1) is 15.0. The van der Waals surface area contributed by atoms with E-state index in [0.29, 0.717) is 24.1 Å². The molecule has 4 rings (SSSR count). The fraction of sp³-hybridized carbons (Fsp3) is 0.458. The maximum Gasteiger partial charge on any atom is 0.414 e. The van der Waals surface area contributed by atoms with Crippen molar-refractivity contribution in [2.75, 3.05) is 44.8 Å². The molecule has 0 radical (unpaired) electrons. The second-order valence-electron chi connectivity index (χ2n) is 8.44. The van der Waals surface area contributed by atoms with Gasteiger partial charge < -0.3 is 14.4 Å². The number of carbonyl (C=O) groups is 1. The minimum Gasteiger partial charge on any atom is -0.497 e. The molecule has 0 saturated carbocycles. The van der Waals surface area contributed by atoms with E-state index in [0.717, 1.165) is 55.9 Å². The molecule has 166 valence electrons. The molecule has 2 aromatic rings. The Balaban J connectivity index is 1.29. The van der Waals surface area contributed by atoms with E-state index >= 15 is 0 Å². The van der Waals surface area contributed by atoms with E-state index in [4.69, 9.17) is 21.1 Å². The Morgan fingerprint density at radius 1 is 1.13 bits per heavy atom. The lowest BCUT2D eigenvalue weighted by Gasteiger charge is -2.38. The first-order valence-corrected chi connectivity index (χ1v) is 11.1. The Labute approximate surface area is 187 Å². The van der Waals surface area contributed by atoms with Crippen molar-refractivity contribution in [2.24, 2.45) is 11.8 Å². The van der Waals surface area contributed by atoms with Crippen LogP contribution in [0.4, 0.5) is 14.9 Å². The number of nitrogens with zero attached hydrogens (tertiary/aromatic N) is 2. The van der Waals surface area contributed by atoms with Crippen LogP contribution in [0.3, 0.4) is 0 Å². The number of likely N-dealkylation sites (tertiary alicyclic amines) is 1. The summed E-state index contributed by atoms with van der Waals surface area (Å²) in [6.07, 6.45) is 2.63. The van der Waals surface area contributed by atoms with Gasteiger partial charge in [0.2, 0.25) is 0 Å². The summed E-state index contributed by atoms with van der Waals surface area (Å²) >= 11 is 6.24. The zero-order chi connectivity index (χ0) is 21.8. The molecule has 1 unspecified atom stereocenters.